The lowest BCUT2D eigenvalue weighted by Gasteiger charge is -2.21. The van der Waals surface area contributed by atoms with Gasteiger partial charge in [-0.05, 0) is 36.8 Å². The predicted octanol–water partition coefficient (Wildman–Crippen LogP) is 3.44. The van der Waals surface area contributed by atoms with E-state index in [0.29, 0.717) is 5.92 Å². The van der Waals surface area contributed by atoms with Crippen LogP contribution in [0.3, 0.4) is 0 Å². The van der Waals surface area contributed by atoms with E-state index in [1.807, 2.05) is 0 Å². The molecule has 0 saturated heterocycles. The van der Waals surface area contributed by atoms with Gasteiger partial charge in [-0.25, -0.2) is 0 Å². The summed E-state index contributed by atoms with van der Waals surface area (Å²) in [4.78, 5) is 0. The van der Waals surface area contributed by atoms with Crippen molar-refractivity contribution in [2.24, 2.45) is 11.7 Å². The first-order valence-corrected chi connectivity index (χ1v) is 6.59. The highest BCUT2D eigenvalue weighted by atomic mass is 14.6. The van der Waals surface area contributed by atoms with Crippen molar-refractivity contribution in [3.8, 4) is 0 Å². The van der Waals surface area contributed by atoms with E-state index in [1.54, 1.807) is 0 Å². The maximum absolute atomic E-state index is 6.13. The summed E-state index contributed by atoms with van der Waals surface area (Å²) in [7, 11) is 0. The quantitative estimate of drug-likeness (QED) is 0.850. The highest BCUT2D eigenvalue weighted by molar-refractivity contribution is 5.19. The Morgan fingerprint density at radius 1 is 0.778 bits per heavy atom. The molecule has 2 rings (SSSR count). The summed E-state index contributed by atoms with van der Waals surface area (Å²) in [6.07, 6.45) is 2.10. The van der Waals surface area contributed by atoms with Crippen LogP contribution in [-0.4, -0.2) is 6.04 Å². The summed E-state index contributed by atoms with van der Waals surface area (Å²) >= 11 is 0. The van der Waals surface area contributed by atoms with Crippen molar-refractivity contribution in [2.75, 3.05) is 0 Å². The zero-order chi connectivity index (χ0) is 12.8. The number of benzene rings is 2. The Morgan fingerprint density at radius 3 is 1.50 bits per heavy atom. The molecule has 1 unspecified atom stereocenters. The molecular weight excluding hydrogens is 218 g/mol. The monoisotopic (exact) mass is 239 g/mol. The SMILES string of the molecule is CC(N)C(Cc1ccccc1)Cc1ccccc1. The first kappa shape index (κ1) is 12.8. The molecule has 0 aliphatic carbocycles. The van der Waals surface area contributed by atoms with E-state index >= 15 is 0 Å². The second-order valence-electron chi connectivity index (χ2n) is 5.00. The van der Waals surface area contributed by atoms with E-state index in [-0.39, 0.29) is 6.04 Å². The third kappa shape index (κ3) is 3.71. The van der Waals surface area contributed by atoms with Gasteiger partial charge < -0.3 is 5.73 Å². The Kier molecular flexibility index (Phi) is 4.54. The molecule has 0 saturated carbocycles. The van der Waals surface area contributed by atoms with Crippen molar-refractivity contribution in [3.05, 3.63) is 71.8 Å². The van der Waals surface area contributed by atoms with Crippen molar-refractivity contribution in [1.82, 2.24) is 0 Å². The lowest BCUT2D eigenvalue weighted by Crippen LogP contribution is -2.30. The van der Waals surface area contributed by atoms with E-state index in [2.05, 4.69) is 67.6 Å². The third-order valence-electron chi connectivity index (χ3n) is 3.43. The van der Waals surface area contributed by atoms with Gasteiger partial charge in [0.05, 0.1) is 0 Å². The second kappa shape index (κ2) is 6.36. The molecule has 2 aromatic rings. The molecule has 0 spiro atoms. The van der Waals surface area contributed by atoms with Gasteiger partial charge in [0.2, 0.25) is 0 Å². The Balaban J connectivity index is 2.05. The molecule has 2 aromatic carbocycles. The Hall–Kier alpha value is -1.60. The molecule has 2 N–H and O–H groups in total. The Morgan fingerprint density at radius 2 is 1.17 bits per heavy atom. The van der Waals surface area contributed by atoms with Crippen molar-refractivity contribution in [1.29, 1.82) is 0 Å². The molecule has 1 atom stereocenters. The van der Waals surface area contributed by atoms with Crippen LogP contribution in [0.2, 0.25) is 0 Å². The molecule has 94 valence electrons. The van der Waals surface area contributed by atoms with Gasteiger partial charge in [-0.15, -0.1) is 0 Å². The summed E-state index contributed by atoms with van der Waals surface area (Å²) < 4.78 is 0. The van der Waals surface area contributed by atoms with Gasteiger partial charge in [0.1, 0.15) is 0 Å². The number of hydrogen-bond donors (Lipinski definition) is 1. The molecule has 1 nitrogen and oxygen atoms in total. The highest BCUT2D eigenvalue weighted by Gasteiger charge is 2.14. The van der Waals surface area contributed by atoms with Crippen molar-refractivity contribution in [3.63, 3.8) is 0 Å². The van der Waals surface area contributed by atoms with E-state index < -0.39 is 0 Å². The average Bonchev–Trinajstić information content (AvgIpc) is 2.40. The standard InChI is InChI=1S/C17H21N/c1-14(18)17(12-15-8-4-2-5-9-15)13-16-10-6-3-7-11-16/h2-11,14,17H,12-13,18H2,1H3. The molecule has 0 amide bonds. The van der Waals surface area contributed by atoms with Gasteiger partial charge in [-0.2, -0.15) is 0 Å². The van der Waals surface area contributed by atoms with Gasteiger partial charge in [-0.3, -0.25) is 0 Å². The third-order valence-corrected chi connectivity index (χ3v) is 3.43. The van der Waals surface area contributed by atoms with Crippen molar-refractivity contribution in [2.45, 2.75) is 25.8 Å². The summed E-state index contributed by atoms with van der Waals surface area (Å²) in [6, 6.07) is 21.4. The number of hydrogen-bond acceptors (Lipinski definition) is 1. The fourth-order valence-electron chi connectivity index (χ4n) is 2.28. The van der Waals surface area contributed by atoms with Crippen LogP contribution in [0, 0.1) is 5.92 Å². The van der Waals surface area contributed by atoms with Gasteiger partial charge in [0, 0.05) is 6.04 Å². The van der Waals surface area contributed by atoms with Crippen LogP contribution in [0.15, 0.2) is 60.7 Å². The van der Waals surface area contributed by atoms with Crippen LogP contribution in [0.1, 0.15) is 18.1 Å². The molecule has 0 aliphatic rings. The van der Waals surface area contributed by atoms with Crippen LogP contribution < -0.4 is 5.73 Å². The maximum Gasteiger partial charge on any atom is 0.00451 e. The first-order chi connectivity index (χ1) is 8.75. The Bertz CT molecular complexity index is 406. The first-order valence-electron chi connectivity index (χ1n) is 6.59. The summed E-state index contributed by atoms with van der Waals surface area (Å²) in [5.74, 6) is 0.495. The van der Waals surface area contributed by atoms with Gasteiger partial charge in [0.25, 0.3) is 0 Å². The average molecular weight is 239 g/mol. The molecule has 0 fully saturated rings. The summed E-state index contributed by atoms with van der Waals surface area (Å²) in [6.45, 7) is 2.11. The van der Waals surface area contributed by atoms with E-state index in [1.165, 1.54) is 11.1 Å². The van der Waals surface area contributed by atoms with Crippen molar-refractivity contribution < 1.29 is 0 Å². The molecule has 1 heteroatoms. The zero-order valence-corrected chi connectivity index (χ0v) is 10.9. The fourth-order valence-corrected chi connectivity index (χ4v) is 2.28. The van der Waals surface area contributed by atoms with Gasteiger partial charge >= 0.3 is 0 Å². The summed E-state index contributed by atoms with van der Waals surface area (Å²) in [5, 5.41) is 0. The minimum Gasteiger partial charge on any atom is -0.328 e. The molecular formula is C17H21N. The second-order valence-corrected chi connectivity index (χ2v) is 5.00. The lowest BCUT2D eigenvalue weighted by atomic mass is 9.88. The van der Waals surface area contributed by atoms with Crippen molar-refractivity contribution >= 4 is 0 Å². The summed E-state index contributed by atoms with van der Waals surface area (Å²) in [5.41, 5.74) is 8.87. The zero-order valence-electron chi connectivity index (χ0n) is 10.9. The molecule has 0 aromatic heterocycles. The van der Waals surface area contributed by atoms with Gasteiger partial charge in [-0.1, -0.05) is 60.7 Å². The number of nitrogens with two attached hydrogens (primary N) is 1. The Labute approximate surface area is 110 Å². The van der Waals surface area contributed by atoms with E-state index in [0.717, 1.165) is 12.8 Å². The molecule has 0 bridgehead atoms. The lowest BCUT2D eigenvalue weighted by molar-refractivity contribution is 0.438. The predicted molar refractivity (Wildman–Crippen MR) is 77.4 cm³/mol. The van der Waals surface area contributed by atoms with E-state index in [9.17, 15) is 0 Å². The van der Waals surface area contributed by atoms with Crippen LogP contribution in [0.4, 0.5) is 0 Å². The smallest absolute Gasteiger partial charge is 0.00451 e. The van der Waals surface area contributed by atoms with E-state index in [4.69, 9.17) is 5.73 Å². The normalized spacial score (nSPS) is 12.6. The number of rotatable bonds is 5. The molecule has 0 radical (unpaired) electrons. The molecule has 0 heterocycles. The fraction of sp³-hybridized carbons (Fsp3) is 0.294. The van der Waals surface area contributed by atoms with Gasteiger partial charge in [0.15, 0.2) is 0 Å². The van der Waals surface area contributed by atoms with Crippen LogP contribution in [0.5, 0.6) is 0 Å². The largest absolute Gasteiger partial charge is 0.328 e. The molecule has 0 aliphatic heterocycles. The molecule has 18 heavy (non-hydrogen) atoms. The minimum absolute atomic E-state index is 0.213. The minimum atomic E-state index is 0.213. The van der Waals surface area contributed by atoms with Crippen LogP contribution in [0.25, 0.3) is 0 Å². The van der Waals surface area contributed by atoms with Crippen LogP contribution >= 0.6 is 0 Å². The topological polar surface area (TPSA) is 26.0 Å². The van der Waals surface area contributed by atoms with Crippen LogP contribution in [-0.2, 0) is 12.8 Å². The maximum atomic E-state index is 6.13. The highest BCUT2D eigenvalue weighted by Crippen LogP contribution is 2.17.